The van der Waals surface area contributed by atoms with E-state index in [2.05, 4.69) is 25.2 Å². The Hall–Kier alpha value is -1.11. The molecule has 0 amide bonds. The number of carbonyl (C=O) groups excluding carboxylic acids is 1. The SMILES string of the molecule is CC1=CC2=CCC(C=O)=C[C@@H]2CC1. The molecule has 2 rings (SSSR count). The number of carbonyl (C=O) groups is 1. The highest BCUT2D eigenvalue weighted by molar-refractivity contribution is 5.74. The molecular formula is C12H14O. The number of fused-ring (bicyclic) bond motifs is 1. The lowest BCUT2D eigenvalue weighted by Gasteiger charge is -2.24. The van der Waals surface area contributed by atoms with Crippen LogP contribution in [0, 0.1) is 5.92 Å². The predicted molar refractivity (Wildman–Crippen MR) is 53.3 cm³/mol. The van der Waals surface area contributed by atoms with Gasteiger partial charge in [0.05, 0.1) is 0 Å². The third-order valence-electron chi connectivity index (χ3n) is 2.83. The van der Waals surface area contributed by atoms with E-state index in [0.717, 1.165) is 18.3 Å². The molecule has 0 aromatic rings. The van der Waals surface area contributed by atoms with Crippen molar-refractivity contribution in [2.75, 3.05) is 0 Å². The molecule has 0 aromatic carbocycles. The zero-order valence-electron chi connectivity index (χ0n) is 7.92. The van der Waals surface area contributed by atoms with Crippen LogP contribution in [-0.2, 0) is 4.79 Å². The molecule has 1 atom stereocenters. The first-order valence-corrected chi connectivity index (χ1v) is 4.82. The molecule has 68 valence electrons. The average molecular weight is 174 g/mol. The van der Waals surface area contributed by atoms with Gasteiger partial charge >= 0.3 is 0 Å². The van der Waals surface area contributed by atoms with Crippen molar-refractivity contribution in [1.82, 2.24) is 0 Å². The number of allylic oxidation sites excluding steroid dienone is 6. The van der Waals surface area contributed by atoms with Gasteiger partial charge in [0.1, 0.15) is 6.29 Å². The predicted octanol–water partition coefficient (Wildman–Crippen LogP) is 2.80. The third kappa shape index (κ3) is 1.64. The van der Waals surface area contributed by atoms with Crippen LogP contribution in [0.2, 0.25) is 0 Å². The second kappa shape index (κ2) is 3.33. The third-order valence-corrected chi connectivity index (χ3v) is 2.83. The first-order chi connectivity index (χ1) is 6.29. The standard InChI is InChI=1S/C12H14O/c1-9-2-4-12-7-10(8-13)3-5-11(12)6-9/h5-8,12H,2-4H2,1H3/t12-/m0/s1. The molecule has 0 spiro atoms. The van der Waals surface area contributed by atoms with Crippen LogP contribution < -0.4 is 0 Å². The summed E-state index contributed by atoms with van der Waals surface area (Å²) in [5.41, 5.74) is 3.82. The van der Waals surface area contributed by atoms with Crippen molar-refractivity contribution >= 4 is 6.29 Å². The fourth-order valence-electron chi connectivity index (χ4n) is 2.05. The van der Waals surface area contributed by atoms with Crippen molar-refractivity contribution in [2.24, 2.45) is 5.92 Å². The van der Waals surface area contributed by atoms with E-state index in [1.165, 1.54) is 24.0 Å². The van der Waals surface area contributed by atoms with E-state index in [1.54, 1.807) is 0 Å². The summed E-state index contributed by atoms with van der Waals surface area (Å²) in [4.78, 5) is 10.6. The van der Waals surface area contributed by atoms with Crippen LogP contribution >= 0.6 is 0 Å². The highest BCUT2D eigenvalue weighted by Crippen LogP contribution is 2.33. The van der Waals surface area contributed by atoms with Gasteiger partial charge in [0.15, 0.2) is 0 Å². The van der Waals surface area contributed by atoms with Crippen LogP contribution in [0.4, 0.5) is 0 Å². The van der Waals surface area contributed by atoms with Crippen molar-refractivity contribution in [3.05, 3.63) is 34.9 Å². The second-order valence-corrected chi connectivity index (χ2v) is 3.90. The summed E-state index contributed by atoms with van der Waals surface area (Å²) in [6.07, 6.45) is 10.7. The van der Waals surface area contributed by atoms with Crippen molar-refractivity contribution in [1.29, 1.82) is 0 Å². The lowest BCUT2D eigenvalue weighted by molar-refractivity contribution is -0.105. The van der Waals surface area contributed by atoms with Gasteiger partial charge in [-0.3, -0.25) is 4.79 Å². The molecule has 0 bridgehead atoms. The topological polar surface area (TPSA) is 17.1 Å². The first-order valence-electron chi connectivity index (χ1n) is 4.82. The van der Waals surface area contributed by atoms with E-state index >= 15 is 0 Å². The minimum atomic E-state index is 0.512. The highest BCUT2D eigenvalue weighted by atomic mass is 16.1. The Morgan fingerprint density at radius 3 is 3.15 bits per heavy atom. The fourth-order valence-corrected chi connectivity index (χ4v) is 2.05. The zero-order valence-corrected chi connectivity index (χ0v) is 7.92. The van der Waals surface area contributed by atoms with Gasteiger partial charge in [-0.1, -0.05) is 23.8 Å². The molecule has 0 heterocycles. The van der Waals surface area contributed by atoms with E-state index in [4.69, 9.17) is 0 Å². The van der Waals surface area contributed by atoms with Gasteiger partial charge in [0, 0.05) is 5.92 Å². The summed E-state index contributed by atoms with van der Waals surface area (Å²) in [5, 5.41) is 0. The molecular weight excluding hydrogens is 160 g/mol. The van der Waals surface area contributed by atoms with Gasteiger partial charge in [0.2, 0.25) is 0 Å². The maximum atomic E-state index is 10.6. The van der Waals surface area contributed by atoms with Gasteiger partial charge in [-0.2, -0.15) is 0 Å². The van der Waals surface area contributed by atoms with Gasteiger partial charge in [-0.25, -0.2) is 0 Å². The summed E-state index contributed by atoms with van der Waals surface area (Å²) < 4.78 is 0. The second-order valence-electron chi connectivity index (χ2n) is 3.90. The summed E-state index contributed by atoms with van der Waals surface area (Å²) in [7, 11) is 0. The maximum absolute atomic E-state index is 10.6. The Morgan fingerprint density at radius 2 is 2.38 bits per heavy atom. The van der Waals surface area contributed by atoms with Crippen LogP contribution in [0.3, 0.4) is 0 Å². The number of hydrogen-bond acceptors (Lipinski definition) is 1. The summed E-state index contributed by atoms with van der Waals surface area (Å²) >= 11 is 0. The Labute approximate surface area is 78.8 Å². The monoisotopic (exact) mass is 174 g/mol. The Kier molecular flexibility index (Phi) is 2.17. The van der Waals surface area contributed by atoms with Crippen molar-refractivity contribution in [2.45, 2.75) is 26.2 Å². The molecule has 0 fully saturated rings. The Bertz CT molecular complexity index is 318. The normalized spacial score (nSPS) is 26.8. The maximum Gasteiger partial charge on any atom is 0.146 e. The number of rotatable bonds is 1. The Morgan fingerprint density at radius 1 is 1.54 bits per heavy atom. The van der Waals surface area contributed by atoms with Crippen LogP contribution in [-0.4, -0.2) is 6.29 Å². The van der Waals surface area contributed by atoms with Crippen LogP contribution in [0.1, 0.15) is 26.2 Å². The lowest BCUT2D eigenvalue weighted by atomic mass is 9.81. The molecule has 2 aliphatic rings. The summed E-state index contributed by atoms with van der Waals surface area (Å²) in [6.45, 7) is 2.18. The lowest BCUT2D eigenvalue weighted by Crippen LogP contribution is -2.10. The van der Waals surface area contributed by atoms with Crippen LogP contribution in [0.15, 0.2) is 34.9 Å². The molecule has 2 aliphatic carbocycles. The van der Waals surface area contributed by atoms with Gasteiger partial charge in [0.25, 0.3) is 0 Å². The van der Waals surface area contributed by atoms with E-state index in [1.807, 2.05) is 0 Å². The largest absolute Gasteiger partial charge is 0.298 e. The van der Waals surface area contributed by atoms with Crippen LogP contribution in [0.5, 0.6) is 0 Å². The average Bonchev–Trinajstić information content (AvgIpc) is 2.17. The van der Waals surface area contributed by atoms with Gasteiger partial charge in [-0.15, -0.1) is 0 Å². The summed E-state index contributed by atoms with van der Waals surface area (Å²) in [6, 6.07) is 0. The molecule has 0 saturated heterocycles. The molecule has 0 aliphatic heterocycles. The molecule has 1 heteroatoms. The molecule has 0 unspecified atom stereocenters. The quantitative estimate of drug-likeness (QED) is 0.559. The molecule has 0 saturated carbocycles. The molecule has 0 N–H and O–H groups in total. The molecule has 0 aromatic heterocycles. The first kappa shape index (κ1) is 8.49. The highest BCUT2D eigenvalue weighted by Gasteiger charge is 2.18. The minimum Gasteiger partial charge on any atom is -0.298 e. The number of aldehydes is 1. The van der Waals surface area contributed by atoms with Crippen molar-refractivity contribution < 1.29 is 4.79 Å². The van der Waals surface area contributed by atoms with Gasteiger partial charge in [-0.05, 0) is 37.3 Å². The zero-order chi connectivity index (χ0) is 9.26. The van der Waals surface area contributed by atoms with E-state index in [-0.39, 0.29) is 0 Å². The fraction of sp³-hybridized carbons (Fsp3) is 0.417. The van der Waals surface area contributed by atoms with Crippen molar-refractivity contribution in [3.63, 3.8) is 0 Å². The minimum absolute atomic E-state index is 0.512. The molecule has 1 nitrogen and oxygen atoms in total. The van der Waals surface area contributed by atoms with Crippen molar-refractivity contribution in [3.8, 4) is 0 Å². The summed E-state index contributed by atoms with van der Waals surface area (Å²) in [5.74, 6) is 0.512. The van der Waals surface area contributed by atoms with E-state index < -0.39 is 0 Å². The van der Waals surface area contributed by atoms with E-state index in [9.17, 15) is 4.79 Å². The van der Waals surface area contributed by atoms with Crippen LogP contribution in [0.25, 0.3) is 0 Å². The molecule has 0 radical (unpaired) electrons. The smallest absolute Gasteiger partial charge is 0.146 e. The van der Waals surface area contributed by atoms with E-state index in [0.29, 0.717) is 5.92 Å². The molecule has 13 heavy (non-hydrogen) atoms. The Balaban J connectivity index is 2.25. The number of hydrogen-bond donors (Lipinski definition) is 0. The van der Waals surface area contributed by atoms with Gasteiger partial charge < -0.3 is 0 Å².